The third-order valence-electron chi connectivity index (χ3n) is 4.83. The molecular formula is C17H27N3O2S. The molecule has 1 aromatic heterocycles. The van der Waals surface area contributed by atoms with Crippen molar-refractivity contribution < 1.29 is 9.53 Å². The number of piperidine rings is 1. The van der Waals surface area contributed by atoms with Crippen molar-refractivity contribution in [1.82, 2.24) is 14.7 Å². The summed E-state index contributed by atoms with van der Waals surface area (Å²) in [6.45, 7) is 6.25. The summed E-state index contributed by atoms with van der Waals surface area (Å²) in [5.74, 6) is 0.727. The fourth-order valence-corrected chi connectivity index (χ4v) is 4.17. The predicted molar refractivity (Wildman–Crippen MR) is 92.6 cm³/mol. The van der Waals surface area contributed by atoms with Gasteiger partial charge in [0.2, 0.25) is 5.91 Å². The molecule has 3 heterocycles. The largest absolute Gasteiger partial charge is 0.375 e. The third kappa shape index (κ3) is 4.53. The number of hydrogen-bond donors (Lipinski definition) is 0. The number of amides is 1. The molecule has 0 unspecified atom stereocenters. The second-order valence-corrected chi connectivity index (χ2v) is 7.83. The monoisotopic (exact) mass is 337 g/mol. The van der Waals surface area contributed by atoms with Gasteiger partial charge < -0.3 is 9.64 Å². The smallest absolute Gasteiger partial charge is 0.236 e. The van der Waals surface area contributed by atoms with E-state index in [0.717, 1.165) is 45.8 Å². The summed E-state index contributed by atoms with van der Waals surface area (Å²) in [4.78, 5) is 19.8. The first-order chi connectivity index (χ1) is 11.1. The lowest BCUT2D eigenvalue weighted by Crippen LogP contribution is -2.47. The van der Waals surface area contributed by atoms with Crippen LogP contribution in [0.5, 0.6) is 0 Å². The first-order valence-corrected chi connectivity index (χ1v) is 9.28. The Morgan fingerprint density at radius 3 is 2.96 bits per heavy atom. The van der Waals surface area contributed by atoms with Crippen LogP contribution in [0, 0.1) is 5.92 Å². The highest BCUT2D eigenvalue weighted by atomic mass is 32.1. The van der Waals surface area contributed by atoms with E-state index in [9.17, 15) is 4.79 Å². The summed E-state index contributed by atoms with van der Waals surface area (Å²) in [7, 11) is 3.64. The molecule has 2 fully saturated rings. The van der Waals surface area contributed by atoms with E-state index in [-0.39, 0.29) is 5.91 Å². The maximum absolute atomic E-state index is 11.9. The molecule has 0 aliphatic carbocycles. The van der Waals surface area contributed by atoms with E-state index in [4.69, 9.17) is 4.74 Å². The molecule has 0 spiro atoms. The van der Waals surface area contributed by atoms with Gasteiger partial charge in [-0.2, -0.15) is 0 Å². The van der Waals surface area contributed by atoms with E-state index < -0.39 is 0 Å². The lowest BCUT2D eigenvalue weighted by molar-refractivity contribution is -0.130. The fraction of sp³-hybridized carbons (Fsp3) is 0.706. The number of likely N-dealkylation sites (N-methyl/N-ethyl adjacent to an activating group) is 1. The molecule has 0 saturated carbocycles. The normalized spacial score (nSPS) is 26.5. The van der Waals surface area contributed by atoms with Gasteiger partial charge in [0, 0.05) is 51.1 Å². The zero-order valence-electron chi connectivity index (χ0n) is 14.1. The van der Waals surface area contributed by atoms with Gasteiger partial charge in [0.15, 0.2) is 0 Å². The Balaban J connectivity index is 1.53. The van der Waals surface area contributed by atoms with Crippen LogP contribution in [0.25, 0.3) is 0 Å². The molecule has 2 atom stereocenters. The summed E-state index contributed by atoms with van der Waals surface area (Å²) >= 11 is 1.83. The molecule has 2 aliphatic rings. The number of likely N-dealkylation sites (tertiary alicyclic amines) is 1. The van der Waals surface area contributed by atoms with Crippen LogP contribution in [-0.4, -0.2) is 80.1 Å². The lowest BCUT2D eigenvalue weighted by Gasteiger charge is -2.37. The molecule has 6 heteroatoms. The Hall–Kier alpha value is -0.950. The van der Waals surface area contributed by atoms with Crippen LogP contribution in [-0.2, 0) is 16.1 Å². The fourth-order valence-electron chi connectivity index (χ4n) is 3.43. The molecule has 128 valence electrons. The van der Waals surface area contributed by atoms with Crippen molar-refractivity contribution in [1.29, 1.82) is 0 Å². The maximum Gasteiger partial charge on any atom is 0.236 e. The Morgan fingerprint density at radius 1 is 1.35 bits per heavy atom. The molecule has 3 rings (SSSR count). The van der Waals surface area contributed by atoms with Crippen LogP contribution in [0.2, 0.25) is 0 Å². The Morgan fingerprint density at radius 2 is 2.22 bits per heavy atom. The maximum atomic E-state index is 11.9. The average molecular weight is 337 g/mol. The molecule has 1 amide bonds. The minimum atomic E-state index is 0.179. The number of rotatable bonds is 4. The quantitative estimate of drug-likeness (QED) is 0.831. The molecule has 0 radical (unpaired) electrons. The number of carbonyl (C=O) groups excluding carboxylic acids is 1. The molecule has 0 aromatic carbocycles. The average Bonchev–Trinajstić information content (AvgIpc) is 2.94. The number of ether oxygens (including phenoxy) is 1. The predicted octanol–water partition coefficient (Wildman–Crippen LogP) is 1.36. The second kappa shape index (κ2) is 7.75. The van der Waals surface area contributed by atoms with Gasteiger partial charge in [-0.15, -0.1) is 11.3 Å². The van der Waals surface area contributed by atoms with Crippen molar-refractivity contribution in [2.45, 2.75) is 19.1 Å². The molecule has 2 saturated heterocycles. The van der Waals surface area contributed by atoms with Crippen LogP contribution >= 0.6 is 11.3 Å². The van der Waals surface area contributed by atoms with Crippen molar-refractivity contribution >= 4 is 17.2 Å². The van der Waals surface area contributed by atoms with E-state index in [0.29, 0.717) is 18.6 Å². The standard InChI is InChI=1S/C17H27N3O2S/c1-18(2)17(21)13-20-7-8-22-16-12-19(6-5-14(16)10-20)11-15-4-3-9-23-15/h3-4,9,14,16H,5-8,10-13H2,1-2H3/t14-,16-/m0/s1. The summed E-state index contributed by atoms with van der Waals surface area (Å²) in [6, 6.07) is 4.33. The van der Waals surface area contributed by atoms with E-state index in [1.54, 1.807) is 4.90 Å². The lowest BCUT2D eigenvalue weighted by atomic mass is 9.93. The van der Waals surface area contributed by atoms with Crippen LogP contribution in [0.1, 0.15) is 11.3 Å². The Labute approximate surface area is 142 Å². The third-order valence-corrected chi connectivity index (χ3v) is 5.69. The topological polar surface area (TPSA) is 36.0 Å². The number of hydrogen-bond acceptors (Lipinski definition) is 5. The van der Waals surface area contributed by atoms with E-state index in [1.807, 2.05) is 25.4 Å². The van der Waals surface area contributed by atoms with Crippen LogP contribution in [0.3, 0.4) is 0 Å². The van der Waals surface area contributed by atoms with Crippen LogP contribution in [0.4, 0.5) is 0 Å². The minimum Gasteiger partial charge on any atom is -0.375 e. The number of nitrogens with zero attached hydrogens (tertiary/aromatic N) is 3. The van der Waals surface area contributed by atoms with Crippen molar-refractivity contribution in [3.05, 3.63) is 22.4 Å². The van der Waals surface area contributed by atoms with Gasteiger partial charge in [-0.1, -0.05) is 6.07 Å². The van der Waals surface area contributed by atoms with Crippen molar-refractivity contribution in [2.24, 2.45) is 5.92 Å². The molecule has 5 nitrogen and oxygen atoms in total. The van der Waals surface area contributed by atoms with E-state index in [1.165, 1.54) is 4.88 Å². The summed E-state index contributed by atoms with van der Waals surface area (Å²) in [5, 5.41) is 2.14. The van der Waals surface area contributed by atoms with E-state index in [2.05, 4.69) is 27.3 Å². The highest BCUT2D eigenvalue weighted by Gasteiger charge is 2.33. The van der Waals surface area contributed by atoms with Crippen molar-refractivity contribution in [3.8, 4) is 0 Å². The van der Waals surface area contributed by atoms with Gasteiger partial charge in [0.05, 0.1) is 19.3 Å². The summed E-state index contributed by atoms with van der Waals surface area (Å²) < 4.78 is 6.12. The van der Waals surface area contributed by atoms with Crippen LogP contribution in [0.15, 0.2) is 17.5 Å². The minimum absolute atomic E-state index is 0.179. The van der Waals surface area contributed by atoms with Crippen molar-refractivity contribution in [3.63, 3.8) is 0 Å². The molecular weight excluding hydrogens is 310 g/mol. The number of fused-ring (bicyclic) bond motifs is 1. The zero-order valence-corrected chi connectivity index (χ0v) is 14.9. The van der Waals surface area contributed by atoms with Gasteiger partial charge in [-0.05, 0) is 24.4 Å². The number of thiophene rings is 1. The molecule has 1 aromatic rings. The van der Waals surface area contributed by atoms with Gasteiger partial charge in [-0.25, -0.2) is 0 Å². The zero-order chi connectivity index (χ0) is 16.2. The van der Waals surface area contributed by atoms with Crippen LogP contribution < -0.4 is 0 Å². The SMILES string of the molecule is CN(C)C(=O)CN1CCO[C@H]2CN(Cc3cccs3)CC[C@H]2C1. The summed E-state index contributed by atoms with van der Waals surface area (Å²) in [5.41, 5.74) is 0. The van der Waals surface area contributed by atoms with E-state index >= 15 is 0 Å². The Kier molecular flexibility index (Phi) is 5.69. The van der Waals surface area contributed by atoms with Gasteiger partial charge >= 0.3 is 0 Å². The Bertz CT molecular complexity index is 506. The highest BCUT2D eigenvalue weighted by molar-refractivity contribution is 7.09. The number of carbonyl (C=O) groups is 1. The van der Waals surface area contributed by atoms with Gasteiger partial charge in [0.25, 0.3) is 0 Å². The summed E-state index contributed by atoms with van der Waals surface area (Å²) in [6.07, 6.45) is 1.46. The van der Waals surface area contributed by atoms with Gasteiger partial charge in [-0.3, -0.25) is 14.6 Å². The molecule has 23 heavy (non-hydrogen) atoms. The van der Waals surface area contributed by atoms with Crippen molar-refractivity contribution in [2.75, 3.05) is 53.4 Å². The molecule has 0 N–H and O–H groups in total. The first kappa shape index (κ1) is 16.9. The first-order valence-electron chi connectivity index (χ1n) is 8.40. The molecule has 2 aliphatic heterocycles. The second-order valence-electron chi connectivity index (χ2n) is 6.80. The van der Waals surface area contributed by atoms with Gasteiger partial charge in [0.1, 0.15) is 0 Å². The highest BCUT2D eigenvalue weighted by Crippen LogP contribution is 2.25. The molecule has 0 bridgehead atoms.